The quantitative estimate of drug-likeness (QED) is 0.112. The minimum absolute atomic E-state index is 0.208. The van der Waals surface area contributed by atoms with Crippen LogP contribution in [0.2, 0.25) is 0 Å². The van der Waals surface area contributed by atoms with Gasteiger partial charge in [0.1, 0.15) is 5.56 Å². The molecule has 176 valence electrons. The van der Waals surface area contributed by atoms with Gasteiger partial charge in [-0.2, -0.15) is 0 Å². The van der Waals surface area contributed by atoms with Gasteiger partial charge >= 0.3 is 0 Å². The van der Waals surface area contributed by atoms with Gasteiger partial charge in [-0.3, -0.25) is 30.3 Å². The van der Waals surface area contributed by atoms with Gasteiger partial charge in [-0.05, 0) is 50.0 Å². The topological polar surface area (TPSA) is 129 Å². The molecule has 0 saturated carbocycles. The number of non-ortho nitro benzene ring substituents is 1. The summed E-state index contributed by atoms with van der Waals surface area (Å²) in [4.78, 5) is 28.8. The predicted molar refractivity (Wildman–Crippen MR) is 139 cm³/mol. The van der Waals surface area contributed by atoms with Crippen molar-refractivity contribution in [2.75, 3.05) is 0 Å². The van der Waals surface area contributed by atoms with E-state index >= 15 is 0 Å². The van der Waals surface area contributed by atoms with Gasteiger partial charge in [0.15, 0.2) is 0 Å². The first kappa shape index (κ1) is 22.6. The lowest BCUT2D eigenvalue weighted by Gasteiger charge is -2.13. The molecule has 0 N–H and O–H groups in total. The normalized spacial score (nSPS) is 11.0. The fourth-order valence-corrected chi connectivity index (χ4v) is 4.73. The van der Waals surface area contributed by atoms with E-state index in [9.17, 15) is 30.3 Å². The second-order valence-corrected chi connectivity index (χ2v) is 8.30. The first-order valence-corrected chi connectivity index (χ1v) is 10.9. The number of hydrogen-bond donors (Lipinski definition) is 0. The van der Waals surface area contributed by atoms with Crippen molar-refractivity contribution < 1.29 is 14.8 Å². The summed E-state index contributed by atoms with van der Waals surface area (Å²) in [6, 6.07) is 27.8. The minimum atomic E-state index is -0.917. The molecule has 0 spiro atoms. The first-order chi connectivity index (χ1) is 17.3. The van der Waals surface area contributed by atoms with Crippen LogP contribution < -0.4 is 0 Å². The molecule has 0 aliphatic heterocycles. The maximum Gasteiger partial charge on any atom is 0.286 e. The zero-order valence-electron chi connectivity index (χ0n) is 18.9. The lowest BCUT2D eigenvalue weighted by Crippen LogP contribution is -2.00. The van der Waals surface area contributed by atoms with Gasteiger partial charge in [-0.15, -0.1) is 0 Å². The number of rotatable bonds is 3. The third kappa shape index (κ3) is 3.59. The zero-order chi connectivity index (χ0) is 25.6. The molecule has 6 aromatic carbocycles. The van der Waals surface area contributed by atoms with Gasteiger partial charge in [0.2, 0.25) is 0 Å². The summed E-state index contributed by atoms with van der Waals surface area (Å²) in [6.45, 7) is 1.17. The summed E-state index contributed by atoms with van der Waals surface area (Å²) in [7, 11) is 0. The van der Waals surface area contributed by atoms with Gasteiger partial charge in [-0.1, -0.05) is 72.8 Å². The summed E-state index contributed by atoms with van der Waals surface area (Å²) >= 11 is 0. The van der Waals surface area contributed by atoms with Crippen LogP contribution in [0.4, 0.5) is 17.1 Å². The van der Waals surface area contributed by atoms with E-state index in [1.807, 2.05) is 0 Å². The fraction of sp³-hybridized carbons (Fsp3) is 0.0370. The molecule has 36 heavy (non-hydrogen) atoms. The Kier molecular flexibility index (Phi) is 5.37. The second-order valence-electron chi connectivity index (χ2n) is 8.30. The zero-order valence-corrected chi connectivity index (χ0v) is 18.9. The van der Waals surface area contributed by atoms with Crippen molar-refractivity contribution in [3.63, 3.8) is 0 Å². The summed E-state index contributed by atoms with van der Waals surface area (Å²) in [5, 5.41) is 42.4. The van der Waals surface area contributed by atoms with Gasteiger partial charge in [0.05, 0.1) is 26.9 Å². The highest BCUT2D eigenvalue weighted by Gasteiger charge is 2.27. The number of nitro groups is 3. The Morgan fingerprint density at radius 1 is 0.528 bits per heavy atom. The first-order valence-electron chi connectivity index (χ1n) is 10.9. The minimum Gasteiger partial charge on any atom is -0.258 e. The van der Waals surface area contributed by atoms with Crippen LogP contribution in [0.5, 0.6) is 0 Å². The number of hydrogen-bond acceptors (Lipinski definition) is 6. The number of nitrogens with zero attached hydrogens (tertiary/aromatic N) is 3. The average Bonchev–Trinajstić information content (AvgIpc) is 2.87. The molecule has 0 unspecified atom stereocenters. The van der Waals surface area contributed by atoms with Crippen LogP contribution in [-0.2, 0) is 0 Å². The molecule has 0 aliphatic carbocycles. The monoisotopic (exact) mass is 479 g/mol. The molecule has 0 bridgehead atoms. The van der Waals surface area contributed by atoms with E-state index in [0.717, 1.165) is 0 Å². The van der Waals surface area contributed by atoms with Gasteiger partial charge in [0.25, 0.3) is 17.1 Å². The molecule has 0 radical (unpaired) electrons. The Morgan fingerprint density at radius 3 is 1.14 bits per heavy atom. The van der Waals surface area contributed by atoms with Crippen LogP contribution in [-0.4, -0.2) is 14.8 Å². The van der Waals surface area contributed by atoms with Crippen molar-refractivity contribution in [2.45, 2.75) is 6.92 Å². The molecule has 0 heterocycles. The number of benzene rings is 6. The third-order valence-electron chi connectivity index (χ3n) is 6.33. The summed E-state index contributed by atoms with van der Waals surface area (Å²) in [5.74, 6) is 0. The highest BCUT2D eigenvalue weighted by atomic mass is 16.6. The van der Waals surface area contributed by atoms with Gasteiger partial charge in [-0.25, -0.2) is 0 Å². The SMILES string of the molecule is Cc1c([N+](=O)[O-])cc([N+](=O)[O-])cc1[N+](=O)[O-].c1cc2cccc3c4cccc5cccc(c(c1)c23)c54. The predicted octanol–water partition coefficient (Wildman–Crippen LogP) is 7.46. The lowest BCUT2D eigenvalue weighted by atomic mass is 9.90. The molecular formula is C27H17N3O6. The average molecular weight is 479 g/mol. The second kappa shape index (κ2) is 8.55. The van der Waals surface area contributed by atoms with Crippen molar-refractivity contribution in [1.82, 2.24) is 0 Å². The fourth-order valence-electron chi connectivity index (χ4n) is 4.73. The molecule has 9 nitrogen and oxygen atoms in total. The van der Waals surface area contributed by atoms with Crippen LogP contribution in [0.25, 0.3) is 43.1 Å². The Bertz CT molecular complexity index is 1640. The third-order valence-corrected chi connectivity index (χ3v) is 6.33. The maximum absolute atomic E-state index is 10.5. The summed E-state index contributed by atoms with van der Waals surface area (Å²) < 4.78 is 0. The van der Waals surface area contributed by atoms with Crippen molar-refractivity contribution in [1.29, 1.82) is 0 Å². The smallest absolute Gasteiger partial charge is 0.258 e. The molecule has 6 aromatic rings. The molecule has 6 rings (SSSR count). The molecule has 0 amide bonds. The highest BCUT2D eigenvalue weighted by molar-refractivity contribution is 6.32. The van der Waals surface area contributed by atoms with E-state index in [1.54, 1.807) is 0 Å². The Labute approximate surface area is 203 Å². The molecular weight excluding hydrogens is 462 g/mol. The maximum atomic E-state index is 10.5. The van der Waals surface area contributed by atoms with Crippen LogP contribution in [0.1, 0.15) is 5.56 Å². The molecule has 9 heteroatoms. The summed E-state index contributed by atoms with van der Waals surface area (Å²) in [5.41, 5.74) is -2.16. The van der Waals surface area contributed by atoms with E-state index in [-0.39, 0.29) is 5.56 Å². The van der Waals surface area contributed by atoms with E-state index < -0.39 is 31.8 Å². The van der Waals surface area contributed by atoms with Crippen LogP contribution in [0.15, 0.2) is 84.9 Å². The largest absolute Gasteiger partial charge is 0.286 e. The molecule has 0 saturated heterocycles. The van der Waals surface area contributed by atoms with Crippen molar-refractivity contribution in [2.24, 2.45) is 0 Å². The Balaban J connectivity index is 0.000000153. The number of fused-ring (bicyclic) bond motifs is 2. The molecule has 0 fully saturated rings. The van der Waals surface area contributed by atoms with Crippen LogP contribution in [0.3, 0.4) is 0 Å². The van der Waals surface area contributed by atoms with Crippen LogP contribution in [0, 0.1) is 37.3 Å². The molecule has 0 aromatic heterocycles. The molecule has 0 aliphatic rings. The van der Waals surface area contributed by atoms with Crippen LogP contribution >= 0.6 is 0 Å². The van der Waals surface area contributed by atoms with E-state index in [1.165, 1.54) is 50.0 Å². The highest BCUT2D eigenvalue weighted by Crippen LogP contribution is 2.39. The van der Waals surface area contributed by atoms with Crippen molar-refractivity contribution >= 4 is 60.2 Å². The Hall–Kier alpha value is -5.18. The standard InChI is InChI=1S/C20H12.C7H5N3O6/c1-5-13-6-2-11-17-18-12-4-8-14-7-3-10-16(20(14)18)15(9-1)19(13)17;1-4-6(9(13)14)2-5(8(11)12)3-7(4)10(15)16/h1-12H;2-3H,1H3. The molecule has 0 atom stereocenters. The van der Waals surface area contributed by atoms with Gasteiger partial charge in [0, 0.05) is 0 Å². The van der Waals surface area contributed by atoms with E-state index in [2.05, 4.69) is 72.8 Å². The van der Waals surface area contributed by atoms with Gasteiger partial charge < -0.3 is 0 Å². The van der Waals surface area contributed by atoms with Crippen molar-refractivity contribution in [3.05, 3.63) is 121 Å². The Morgan fingerprint density at radius 2 is 0.861 bits per heavy atom. The van der Waals surface area contributed by atoms with E-state index in [4.69, 9.17) is 0 Å². The summed E-state index contributed by atoms with van der Waals surface area (Å²) in [6.07, 6.45) is 0. The number of nitro benzene ring substituents is 3. The van der Waals surface area contributed by atoms with Crippen molar-refractivity contribution in [3.8, 4) is 0 Å². The lowest BCUT2D eigenvalue weighted by molar-refractivity contribution is -0.403. The van der Waals surface area contributed by atoms with E-state index in [0.29, 0.717) is 12.1 Å².